The number of fused-ring (bicyclic) bond motifs is 2. The summed E-state index contributed by atoms with van der Waals surface area (Å²) in [6, 6.07) is 0. The molecule has 2 saturated heterocycles. The summed E-state index contributed by atoms with van der Waals surface area (Å²) in [7, 11) is 6.36. The molecule has 8 nitrogen and oxygen atoms in total. The third-order valence-corrected chi connectivity index (χ3v) is 8.32. The minimum atomic E-state index is -3.36. The topological polar surface area (TPSA) is 75.6 Å². The van der Waals surface area contributed by atoms with Crippen LogP contribution in [0.1, 0.15) is 53.4 Å². The smallest absolute Gasteiger partial charge is 0.324 e. The molecular formula is C22H43NO7PS+. The molecule has 188 valence electrons. The third kappa shape index (κ3) is 6.72. The molecule has 0 aromatic rings. The highest BCUT2D eigenvalue weighted by Crippen LogP contribution is 2.56. The average Bonchev–Trinajstić information content (AvgIpc) is 2.66. The van der Waals surface area contributed by atoms with Crippen LogP contribution in [0.25, 0.3) is 0 Å². The van der Waals surface area contributed by atoms with Crippen LogP contribution in [0.15, 0.2) is 0 Å². The number of nitrogens with zero attached hydrogens (tertiary/aromatic N) is 1. The van der Waals surface area contributed by atoms with Crippen LogP contribution in [-0.4, -0.2) is 87.8 Å². The van der Waals surface area contributed by atoms with Gasteiger partial charge in [-0.2, -0.15) is 0 Å². The average molecular weight is 497 g/mol. The van der Waals surface area contributed by atoms with Gasteiger partial charge in [0.2, 0.25) is 0 Å². The zero-order valence-corrected chi connectivity index (χ0v) is 22.6. The van der Waals surface area contributed by atoms with Gasteiger partial charge in [-0.05, 0) is 52.3 Å². The molecule has 3 fully saturated rings. The highest BCUT2D eigenvalue weighted by Gasteiger charge is 2.61. The van der Waals surface area contributed by atoms with Gasteiger partial charge in [-0.1, -0.05) is 6.42 Å². The summed E-state index contributed by atoms with van der Waals surface area (Å²) in [5.74, 6) is -1.32. The monoisotopic (exact) mass is 496 g/mol. The molecule has 0 bridgehead atoms. The largest absolute Gasteiger partial charge is 0.350 e. The molecule has 3 atom stereocenters. The van der Waals surface area contributed by atoms with Gasteiger partial charge in [0, 0.05) is 17.3 Å². The summed E-state index contributed by atoms with van der Waals surface area (Å²) < 4.78 is 37.2. The van der Waals surface area contributed by atoms with E-state index in [4.69, 9.17) is 39.8 Å². The van der Waals surface area contributed by atoms with Gasteiger partial charge in [0.25, 0.3) is 0 Å². The summed E-state index contributed by atoms with van der Waals surface area (Å²) in [6.07, 6.45) is 3.37. The van der Waals surface area contributed by atoms with Crippen molar-refractivity contribution in [3.63, 3.8) is 0 Å². The standard InChI is InChI=1S/C22H42NO7PS/c1-19(2)25-14-21(15-26-19)10-8-11-22(16-27-20(3,4)30-18(21)22)17-29-31(24,32)28-13-9-12-23(5,6)7/h18H,8-17H2,1-7H3/p+1. The van der Waals surface area contributed by atoms with Crippen LogP contribution in [-0.2, 0) is 39.8 Å². The fourth-order valence-corrected chi connectivity index (χ4v) is 6.14. The summed E-state index contributed by atoms with van der Waals surface area (Å²) in [5.41, 5.74) is -0.734. The van der Waals surface area contributed by atoms with Gasteiger partial charge in [-0.25, -0.2) is 0 Å². The van der Waals surface area contributed by atoms with Gasteiger partial charge < -0.3 is 37.4 Å². The molecule has 2 aliphatic heterocycles. The fourth-order valence-electron chi connectivity index (χ4n) is 4.91. The Morgan fingerprint density at radius 2 is 1.59 bits per heavy atom. The number of ether oxygens (including phenoxy) is 4. The molecule has 0 amide bonds. The molecule has 1 spiro atoms. The van der Waals surface area contributed by atoms with Gasteiger partial charge in [0.15, 0.2) is 11.6 Å². The van der Waals surface area contributed by atoms with Gasteiger partial charge in [-0.15, -0.1) is 0 Å². The van der Waals surface area contributed by atoms with Gasteiger partial charge in [0.05, 0.1) is 66.8 Å². The Hall–Kier alpha value is 0.330. The van der Waals surface area contributed by atoms with Gasteiger partial charge in [0.1, 0.15) is 0 Å². The van der Waals surface area contributed by atoms with Crippen molar-refractivity contribution in [1.29, 1.82) is 0 Å². The molecule has 3 aliphatic rings. The van der Waals surface area contributed by atoms with Crippen molar-refractivity contribution in [1.82, 2.24) is 0 Å². The normalized spacial score (nSPS) is 33.4. The maximum absolute atomic E-state index is 10.7. The predicted molar refractivity (Wildman–Crippen MR) is 126 cm³/mol. The van der Waals surface area contributed by atoms with Crippen LogP contribution in [0.5, 0.6) is 0 Å². The molecule has 2 heterocycles. The molecule has 0 radical (unpaired) electrons. The lowest BCUT2D eigenvalue weighted by atomic mass is 9.59. The van der Waals surface area contributed by atoms with Crippen LogP contribution in [0.3, 0.4) is 0 Å². The molecule has 3 unspecified atom stereocenters. The Bertz CT molecular complexity index is 701. The molecule has 1 N–H and O–H groups in total. The molecule has 1 aliphatic carbocycles. The van der Waals surface area contributed by atoms with E-state index in [1.807, 2.05) is 27.7 Å². The van der Waals surface area contributed by atoms with Crippen molar-refractivity contribution in [2.45, 2.75) is 71.1 Å². The van der Waals surface area contributed by atoms with Crippen molar-refractivity contribution < 1.29 is 37.4 Å². The lowest BCUT2D eigenvalue weighted by Gasteiger charge is -2.60. The SMILES string of the molecule is CC1(C)OCC2(CCCC3(COP(O)(=S)OCCC[N+](C)(C)C)COC(C)(C)OC23)CO1. The number of hydrogen-bond acceptors (Lipinski definition) is 7. The minimum absolute atomic E-state index is 0.197. The van der Waals surface area contributed by atoms with Crippen LogP contribution in [0.4, 0.5) is 0 Å². The highest BCUT2D eigenvalue weighted by atomic mass is 32.5. The minimum Gasteiger partial charge on any atom is -0.350 e. The van der Waals surface area contributed by atoms with E-state index >= 15 is 0 Å². The van der Waals surface area contributed by atoms with Crippen LogP contribution in [0, 0.1) is 10.8 Å². The molecule has 0 aromatic heterocycles. The Labute approximate surface area is 198 Å². The Morgan fingerprint density at radius 3 is 2.22 bits per heavy atom. The van der Waals surface area contributed by atoms with E-state index in [1.165, 1.54) is 0 Å². The van der Waals surface area contributed by atoms with Gasteiger partial charge in [-0.3, -0.25) is 0 Å². The first-order valence-corrected chi connectivity index (χ1v) is 14.2. The number of quaternary nitrogens is 1. The maximum Gasteiger partial charge on any atom is 0.324 e. The molecule has 3 rings (SSSR count). The van der Waals surface area contributed by atoms with E-state index < -0.39 is 23.7 Å². The van der Waals surface area contributed by atoms with E-state index in [0.717, 1.165) is 36.7 Å². The van der Waals surface area contributed by atoms with Crippen molar-refractivity contribution in [2.24, 2.45) is 10.8 Å². The molecule has 1 saturated carbocycles. The molecular weight excluding hydrogens is 453 g/mol. The van der Waals surface area contributed by atoms with Crippen LogP contribution in [0.2, 0.25) is 0 Å². The predicted octanol–water partition coefficient (Wildman–Crippen LogP) is 3.42. The van der Waals surface area contributed by atoms with Crippen molar-refractivity contribution in [3.05, 3.63) is 0 Å². The summed E-state index contributed by atoms with van der Waals surface area (Å²) in [5, 5.41) is 0. The Balaban J connectivity index is 1.70. The maximum atomic E-state index is 10.7. The number of rotatable bonds is 8. The molecule has 0 aromatic carbocycles. The second-order valence-corrected chi connectivity index (χ2v) is 14.5. The van der Waals surface area contributed by atoms with Crippen molar-refractivity contribution in [2.75, 3.05) is 60.7 Å². The van der Waals surface area contributed by atoms with E-state index in [-0.39, 0.29) is 18.1 Å². The van der Waals surface area contributed by atoms with Gasteiger partial charge >= 0.3 is 6.72 Å². The molecule has 10 heteroatoms. The Kier molecular flexibility index (Phi) is 7.92. The first-order chi connectivity index (χ1) is 14.6. The van der Waals surface area contributed by atoms with E-state index in [0.29, 0.717) is 26.4 Å². The third-order valence-electron chi connectivity index (χ3n) is 6.73. The highest BCUT2D eigenvalue weighted by molar-refractivity contribution is 8.07. The first kappa shape index (κ1) is 26.9. The first-order valence-electron chi connectivity index (χ1n) is 11.6. The molecule has 32 heavy (non-hydrogen) atoms. The summed E-state index contributed by atoms with van der Waals surface area (Å²) in [6.45, 7) is 7.47. The second kappa shape index (κ2) is 9.41. The zero-order chi connectivity index (χ0) is 23.9. The lowest BCUT2D eigenvalue weighted by molar-refractivity contribution is -0.870. The van der Waals surface area contributed by atoms with Crippen LogP contribution >= 0.6 is 6.72 Å². The zero-order valence-electron chi connectivity index (χ0n) is 20.8. The van der Waals surface area contributed by atoms with E-state index in [9.17, 15) is 4.89 Å². The van der Waals surface area contributed by atoms with E-state index in [1.54, 1.807) is 0 Å². The summed E-state index contributed by atoms with van der Waals surface area (Å²) in [4.78, 5) is 10.7. The van der Waals surface area contributed by atoms with Crippen LogP contribution < -0.4 is 0 Å². The number of hydrogen-bond donors (Lipinski definition) is 1. The van der Waals surface area contributed by atoms with Crippen molar-refractivity contribution >= 4 is 18.5 Å². The summed E-state index contributed by atoms with van der Waals surface area (Å²) >= 11 is 5.32. The lowest BCUT2D eigenvalue weighted by Crippen LogP contribution is -2.67. The van der Waals surface area contributed by atoms with Crippen molar-refractivity contribution in [3.8, 4) is 0 Å². The van der Waals surface area contributed by atoms with E-state index in [2.05, 4.69) is 21.1 Å². The Morgan fingerprint density at radius 1 is 0.969 bits per heavy atom. The quantitative estimate of drug-likeness (QED) is 0.311. The second-order valence-electron chi connectivity index (χ2n) is 11.7. The fraction of sp³-hybridized carbons (Fsp3) is 1.00.